The summed E-state index contributed by atoms with van der Waals surface area (Å²) < 4.78 is 0. The third-order valence-corrected chi connectivity index (χ3v) is 5.32. The molecule has 0 aliphatic heterocycles. The van der Waals surface area contributed by atoms with Crippen molar-refractivity contribution >= 4 is 33.9 Å². The van der Waals surface area contributed by atoms with Crippen LogP contribution in [-0.2, 0) is 11.5 Å². The van der Waals surface area contributed by atoms with Crippen LogP contribution in [-0.4, -0.2) is 24.4 Å². The first-order chi connectivity index (χ1) is 9.90. The summed E-state index contributed by atoms with van der Waals surface area (Å²) in [5, 5.41) is 22.1. The number of benzene rings is 1. The van der Waals surface area contributed by atoms with Crippen LogP contribution in [0.2, 0.25) is 0 Å². The molecule has 0 amide bonds. The molecule has 0 spiro atoms. The van der Waals surface area contributed by atoms with Gasteiger partial charge in [-0.25, -0.2) is 0 Å². The van der Waals surface area contributed by atoms with Crippen LogP contribution in [0.1, 0.15) is 27.8 Å². The van der Waals surface area contributed by atoms with E-state index in [1.807, 2.05) is 0 Å². The summed E-state index contributed by atoms with van der Waals surface area (Å²) in [5.41, 5.74) is 6.45. The van der Waals surface area contributed by atoms with E-state index in [2.05, 4.69) is 37.5 Å². The van der Waals surface area contributed by atoms with E-state index < -0.39 is 0 Å². The van der Waals surface area contributed by atoms with Crippen molar-refractivity contribution in [2.45, 2.75) is 32.3 Å². The first-order valence-corrected chi connectivity index (χ1v) is 8.74. The lowest BCUT2D eigenvalue weighted by Crippen LogP contribution is -2.14. The summed E-state index contributed by atoms with van der Waals surface area (Å²) >= 11 is 3.02. The van der Waals surface area contributed by atoms with Gasteiger partial charge in [0.05, 0.1) is 0 Å². The maximum Gasteiger partial charge on any atom is 0.153 e. The molecule has 0 unspecified atom stereocenters. The maximum absolute atomic E-state index is 7.70. The van der Waals surface area contributed by atoms with Crippen molar-refractivity contribution in [1.82, 2.24) is 10.6 Å². The van der Waals surface area contributed by atoms with Gasteiger partial charge in [-0.15, -0.1) is 0 Å². The number of hydrogen-bond donors (Lipinski definition) is 4. The highest BCUT2D eigenvalue weighted by molar-refractivity contribution is 8.13. The summed E-state index contributed by atoms with van der Waals surface area (Å²) in [6, 6.07) is 2.21. The predicted octanol–water partition coefficient (Wildman–Crippen LogP) is 3.39. The minimum absolute atomic E-state index is 0.488. The van der Waals surface area contributed by atoms with Gasteiger partial charge in [0.1, 0.15) is 0 Å². The van der Waals surface area contributed by atoms with Crippen LogP contribution >= 0.6 is 23.5 Å². The third kappa shape index (κ3) is 4.97. The SMILES string of the molecule is CNC(=N)SCc1c(C)cc(C)c(CSC(=N)NC)c1C. The molecule has 0 heterocycles. The molecular weight excluding hydrogens is 300 g/mol. The zero-order chi connectivity index (χ0) is 16.0. The number of thioether (sulfide) groups is 2. The summed E-state index contributed by atoms with van der Waals surface area (Å²) in [4.78, 5) is 0. The molecule has 0 aliphatic carbocycles. The molecular formula is C15H24N4S2. The number of aryl methyl sites for hydroxylation is 2. The zero-order valence-corrected chi connectivity index (χ0v) is 14.9. The Morgan fingerprint density at radius 3 is 1.62 bits per heavy atom. The van der Waals surface area contributed by atoms with Crippen LogP contribution in [0, 0.1) is 31.6 Å². The largest absolute Gasteiger partial charge is 0.368 e. The fourth-order valence-electron chi connectivity index (χ4n) is 2.15. The Morgan fingerprint density at radius 1 is 0.905 bits per heavy atom. The molecule has 1 aromatic carbocycles. The smallest absolute Gasteiger partial charge is 0.153 e. The lowest BCUT2D eigenvalue weighted by Gasteiger charge is -2.17. The predicted molar refractivity (Wildman–Crippen MR) is 96.8 cm³/mol. The highest BCUT2D eigenvalue weighted by atomic mass is 32.2. The fraction of sp³-hybridized carbons (Fsp3) is 0.467. The molecule has 1 rings (SSSR count). The third-order valence-electron chi connectivity index (χ3n) is 3.47. The Morgan fingerprint density at radius 2 is 1.29 bits per heavy atom. The Balaban J connectivity index is 2.98. The molecule has 0 saturated carbocycles. The van der Waals surface area contributed by atoms with Gasteiger partial charge in [0, 0.05) is 25.6 Å². The van der Waals surface area contributed by atoms with Gasteiger partial charge in [0.25, 0.3) is 0 Å². The van der Waals surface area contributed by atoms with Crippen molar-refractivity contribution in [2.24, 2.45) is 0 Å². The second kappa shape index (κ2) is 8.34. The van der Waals surface area contributed by atoms with Crippen molar-refractivity contribution < 1.29 is 0 Å². The van der Waals surface area contributed by atoms with Crippen molar-refractivity contribution in [2.75, 3.05) is 14.1 Å². The van der Waals surface area contributed by atoms with Crippen LogP contribution in [0.3, 0.4) is 0 Å². The number of amidine groups is 2. The molecule has 116 valence electrons. The minimum atomic E-state index is 0.488. The summed E-state index contributed by atoms with van der Waals surface area (Å²) in [6.07, 6.45) is 0. The second-order valence-electron chi connectivity index (χ2n) is 4.83. The summed E-state index contributed by atoms with van der Waals surface area (Å²) in [6.45, 7) is 6.41. The number of hydrogen-bond acceptors (Lipinski definition) is 4. The van der Waals surface area contributed by atoms with Crippen LogP contribution < -0.4 is 10.6 Å². The average Bonchev–Trinajstić information content (AvgIpc) is 2.45. The van der Waals surface area contributed by atoms with E-state index in [-0.39, 0.29) is 0 Å². The average molecular weight is 325 g/mol. The lowest BCUT2D eigenvalue weighted by atomic mass is 9.95. The fourth-order valence-corrected chi connectivity index (χ4v) is 3.90. The monoisotopic (exact) mass is 324 g/mol. The van der Waals surface area contributed by atoms with E-state index in [0.717, 1.165) is 11.5 Å². The van der Waals surface area contributed by atoms with E-state index >= 15 is 0 Å². The van der Waals surface area contributed by atoms with Gasteiger partial charge in [-0.2, -0.15) is 0 Å². The molecule has 21 heavy (non-hydrogen) atoms. The van der Waals surface area contributed by atoms with E-state index in [1.165, 1.54) is 51.3 Å². The van der Waals surface area contributed by atoms with E-state index in [9.17, 15) is 0 Å². The molecule has 6 heteroatoms. The molecule has 0 aliphatic rings. The normalized spacial score (nSPS) is 10.3. The van der Waals surface area contributed by atoms with Gasteiger partial charge in [-0.05, 0) is 48.6 Å². The van der Waals surface area contributed by atoms with E-state index in [0.29, 0.717) is 10.3 Å². The van der Waals surface area contributed by atoms with Gasteiger partial charge in [-0.1, -0.05) is 29.6 Å². The number of nitrogens with one attached hydrogen (secondary N) is 4. The molecule has 1 aromatic rings. The molecule has 0 radical (unpaired) electrons. The standard InChI is InChI=1S/C15H24N4S2/c1-9-6-10(2)13(8-21-15(17)19-5)11(3)12(9)7-20-14(16)18-4/h6H,7-8H2,1-5H3,(H2,16,18)(H2,17,19). The summed E-state index contributed by atoms with van der Waals surface area (Å²) in [5.74, 6) is 1.61. The first-order valence-electron chi connectivity index (χ1n) is 6.77. The number of rotatable bonds is 4. The van der Waals surface area contributed by atoms with Crippen LogP contribution in [0.15, 0.2) is 6.07 Å². The quantitative estimate of drug-likeness (QED) is 0.506. The Kier molecular flexibility index (Phi) is 7.11. The maximum atomic E-state index is 7.70. The lowest BCUT2D eigenvalue weighted by molar-refractivity contribution is 1.14. The van der Waals surface area contributed by atoms with Crippen molar-refractivity contribution in [3.05, 3.63) is 33.9 Å². The van der Waals surface area contributed by atoms with Crippen molar-refractivity contribution in [3.63, 3.8) is 0 Å². The van der Waals surface area contributed by atoms with E-state index in [1.54, 1.807) is 14.1 Å². The highest BCUT2D eigenvalue weighted by Crippen LogP contribution is 2.28. The first kappa shape index (κ1) is 17.9. The Bertz CT molecular complexity index is 497. The topological polar surface area (TPSA) is 71.8 Å². The second-order valence-corrected chi connectivity index (χ2v) is 6.80. The molecule has 0 saturated heterocycles. The van der Waals surface area contributed by atoms with Gasteiger partial charge < -0.3 is 10.6 Å². The van der Waals surface area contributed by atoms with Crippen molar-refractivity contribution in [1.29, 1.82) is 10.8 Å². The summed E-state index contributed by atoms with van der Waals surface area (Å²) in [7, 11) is 3.55. The van der Waals surface area contributed by atoms with Gasteiger partial charge >= 0.3 is 0 Å². The van der Waals surface area contributed by atoms with Crippen LogP contribution in [0.25, 0.3) is 0 Å². The van der Waals surface area contributed by atoms with Crippen molar-refractivity contribution in [3.8, 4) is 0 Å². The Labute approximate surface area is 135 Å². The molecule has 0 fully saturated rings. The van der Waals surface area contributed by atoms with E-state index in [4.69, 9.17) is 10.8 Å². The molecule has 0 aromatic heterocycles. The highest BCUT2D eigenvalue weighted by Gasteiger charge is 2.12. The molecule has 0 bridgehead atoms. The zero-order valence-electron chi connectivity index (χ0n) is 13.3. The van der Waals surface area contributed by atoms with Gasteiger partial charge in [-0.3, -0.25) is 10.8 Å². The Hall–Kier alpha value is -1.14. The molecule has 4 N–H and O–H groups in total. The van der Waals surface area contributed by atoms with Crippen LogP contribution in [0.4, 0.5) is 0 Å². The molecule has 0 atom stereocenters. The van der Waals surface area contributed by atoms with Gasteiger partial charge in [0.15, 0.2) is 10.3 Å². The van der Waals surface area contributed by atoms with Crippen LogP contribution in [0.5, 0.6) is 0 Å². The van der Waals surface area contributed by atoms with Gasteiger partial charge in [0.2, 0.25) is 0 Å². The minimum Gasteiger partial charge on any atom is -0.368 e. The molecule has 4 nitrogen and oxygen atoms in total.